The molecule has 1 aromatic heterocycles. The van der Waals surface area contributed by atoms with Crippen LogP contribution in [0.1, 0.15) is 18.4 Å². The van der Waals surface area contributed by atoms with Crippen LogP contribution in [-0.2, 0) is 11.3 Å². The van der Waals surface area contributed by atoms with Gasteiger partial charge in [0.25, 0.3) is 0 Å². The Hall–Kier alpha value is -1.42. The summed E-state index contributed by atoms with van der Waals surface area (Å²) in [6, 6.07) is 4.05. The Morgan fingerprint density at radius 1 is 1.44 bits per heavy atom. The van der Waals surface area contributed by atoms with E-state index in [4.69, 9.17) is 0 Å². The van der Waals surface area contributed by atoms with Gasteiger partial charge in [0.2, 0.25) is 5.91 Å². The van der Waals surface area contributed by atoms with Crippen molar-refractivity contribution in [3.8, 4) is 0 Å². The number of carbonyl (C=O) groups excluding carboxylic acids is 1. The maximum Gasteiger partial charge on any atom is 0.220 e. The van der Waals surface area contributed by atoms with Gasteiger partial charge in [0.1, 0.15) is 0 Å². The predicted octanol–water partition coefficient (Wildman–Crippen LogP) is 0.794. The molecule has 1 saturated heterocycles. The van der Waals surface area contributed by atoms with E-state index in [1.54, 1.807) is 6.20 Å². The molecule has 1 aliphatic heterocycles. The summed E-state index contributed by atoms with van der Waals surface area (Å²) in [6.45, 7) is 3.58. The van der Waals surface area contributed by atoms with E-state index in [-0.39, 0.29) is 5.91 Å². The van der Waals surface area contributed by atoms with Gasteiger partial charge < -0.3 is 5.32 Å². The molecule has 2 heterocycles. The Kier molecular flexibility index (Phi) is 3.88. The van der Waals surface area contributed by atoms with Gasteiger partial charge in [0.15, 0.2) is 0 Å². The lowest BCUT2D eigenvalue weighted by Gasteiger charge is -2.24. The summed E-state index contributed by atoms with van der Waals surface area (Å²) in [5.41, 5.74) is 1.23. The molecule has 0 saturated carbocycles. The van der Waals surface area contributed by atoms with Crippen LogP contribution < -0.4 is 5.32 Å². The zero-order valence-corrected chi connectivity index (χ0v) is 9.35. The van der Waals surface area contributed by atoms with E-state index in [1.807, 2.05) is 12.3 Å². The molecule has 0 radical (unpaired) electrons. The largest absolute Gasteiger partial charge is 0.355 e. The van der Waals surface area contributed by atoms with Crippen LogP contribution in [0.2, 0.25) is 0 Å². The first-order chi connectivity index (χ1) is 7.84. The summed E-state index contributed by atoms with van der Waals surface area (Å²) >= 11 is 0. The SMILES string of the molecule is O=C1CCCN(Cc2cccnc2)CCN1. The topological polar surface area (TPSA) is 45.2 Å². The maximum atomic E-state index is 11.2. The second-order valence-electron chi connectivity index (χ2n) is 4.09. The minimum absolute atomic E-state index is 0.182. The van der Waals surface area contributed by atoms with E-state index in [9.17, 15) is 4.79 Å². The van der Waals surface area contributed by atoms with Crippen molar-refractivity contribution in [2.75, 3.05) is 19.6 Å². The molecule has 4 nitrogen and oxygen atoms in total. The number of rotatable bonds is 2. The van der Waals surface area contributed by atoms with Crippen LogP contribution in [0.4, 0.5) is 0 Å². The Labute approximate surface area is 95.7 Å². The van der Waals surface area contributed by atoms with E-state index in [1.165, 1.54) is 5.56 Å². The van der Waals surface area contributed by atoms with Crippen LogP contribution in [0.3, 0.4) is 0 Å². The van der Waals surface area contributed by atoms with Gasteiger partial charge >= 0.3 is 0 Å². The molecule has 4 heteroatoms. The third-order valence-electron chi connectivity index (χ3n) is 2.76. The van der Waals surface area contributed by atoms with Crippen molar-refractivity contribution in [3.05, 3.63) is 30.1 Å². The van der Waals surface area contributed by atoms with Crippen LogP contribution in [0.15, 0.2) is 24.5 Å². The third-order valence-corrected chi connectivity index (χ3v) is 2.76. The highest BCUT2D eigenvalue weighted by Gasteiger charge is 2.11. The van der Waals surface area contributed by atoms with Crippen LogP contribution in [0, 0.1) is 0 Å². The lowest BCUT2D eigenvalue weighted by molar-refractivity contribution is -0.121. The Balaban J connectivity index is 1.87. The first kappa shape index (κ1) is 11.1. The molecule has 86 valence electrons. The summed E-state index contributed by atoms with van der Waals surface area (Å²) in [5, 5.41) is 2.90. The Morgan fingerprint density at radius 2 is 2.38 bits per heavy atom. The molecular formula is C12H17N3O. The molecule has 0 bridgehead atoms. The number of carbonyl (C=O) groups is 1. The summed E-state index contributed by atoms with van der Waals surface area (Å²) in [6.07, 6.45) is 5.27. The molecule has 1 aromatic rings. The number of pyridine rings is 1. The van der Waals surface area contributed by atoms with Crippen LogP contribution in [0.5, 0.6) is 0 Å². The van der Waals surface area contributed by atoms with Gasteiger partial charge in [-0.1, -0.05) is 6.07 Å². The van der Waals surface area contributed by atoms with Crippen molar-refractivity contribution in [1.29, 1.82) is 0 Å². The third kappa shape index (κ3) is 3.31. The molecule has 0 aromatic carbocycles. The highest BCUT2D eigenvalue weighted by Crippen LogP contribution is 2.05. The van der Waals surface area contributed by atoms with Crippen molar-refractivity contribution in [2.45, 2.75) is 19.4 Å². The molecule has 0 spiro atoms. The zero-order chi connectivity index (χ0) is 11.2. The van der Waals surface area contributed by atoms with E-state index in [2.05, 4.69) is 21.3 Å². The Morgan fingerprint density at radius 3 is 3.19 bits per heavy atom. The molecule has 1 aliphatic rings. The average Bonchev–Trinajstić information content (AvgIpc) is 2.27. The fourth-order valence-corrected chi connectivity index (χ4v) is 1.92. The normalized spacial score (nSPS) is 18.6. The predicted molar refractivity (Wildman–Crippen MR) is 61.8 cm³/mol. The van der Waals surface area contributed by atoms with Gasteiger partial charge in [-0.15, -0.1) is 0 Å². The Bertz CT molecular complexity index is 327. The fourth-order valence-electron chi connectivity index (χ4n) is 1.92. The van der Waals surface area contributed by atoms with Crippen molar-refractivity contribution >= 4 is 5.91 Å². The van der Waals surface area contributed by atoms with Gasteiger partial charge in [-0.05, 0) is 24.6 Å². The molecule has 1 fully saturated rings. The number of hydrogen-bond donors (Lipinski definition) is 1. The highest BCUT2D eigenvalue weighted by atomic mass is 16.1. The lowest BCUT2D eigenvalue weighted by atomic mass is 10.2. The summed E-state index contributed by atoms with van der Waals surface area (Å²) in [4.78, 5) is 17.6. The second kappa shape index (κ2) is 5.61. The van der Waals surface area contributed by atoms with E-state index < -0.39 is 0 Å². The van der Waals surface area contributed by atoms with E-state index in [0.29, 0.717) is 6.42 Å². The molecule has 0 unspecified atom stereocenters. The fraction of sp³-hybridized carbons (Fsp3) is 0.500. The first-order valence-corrected chi connectivity index (χ1v) is 5.72. The summed E-state index contributed by atoms with van der Waals surface area (Å²) in [7, 11) is 0. The van der Waals surface area contributed by atoms with Gasteiger partial charge in [-0.2, -0.15) is 0 Å². The van der Waals surface area contributed by atoms with Crippen LogP contribution >= 0.6 is 0 Å². The smallest absolute Gasteiger partial charge is 0.220 e. The molecular weight excluding hydrogens is 202 g/mol. The molecule has 16 heavy (non-hydrogen) atoms. The number of aromatic nitrogens is 1. The van der Waals surface area contributed by atoms with Crippen molar-refractivity contribution < 1.29 is 4.79 Å². The van der Waals surface area contributed by atoms with Crippen LogP contribution in [0.25, 0.3) is 0 Å². The number of nitrogens with one attached hydrogen (secondary N) is 1. The monoisotopic (exact) mass is 219 g/mol. The van der Waals surface area contributed by atoms with Crippen LogP contribution in [-0.4, -0.2) is 35.4 Å². The maximum absolute atomic E-state index is 11.2. The number of nitrogens with zero attached hydrogens (tertiary/aromatic N) is 2. The van der Waals surface area contributed by atoms with Gasteiger partial charge in [-0.25, -0.2) is 0 Å². The van der Waals surface area contributed by atoms with Gasteiger partial charge in [0.05, 0.1) is 0 Å². The summed E-state index contributed by atoms with van der Waals surface area (Å²) < 4.78 is 0. The zero-order valence-electron chi connectivity index (χ0n) is 9.35. The summed E-state index contributed by atoms with van der Waals surface area (Å²) in [5.74, 6) is 0.182. The minimum atomic E-state index is 0.182. The van der Waals surface area contributed by atoms with Gasteiger partial charge in [-0.3, -0.25) is 14.7 Å². The quantitative estimate of drug-likeness (QED) is 0.800. The first-order valence-electron chi connectivity index (χ1n) is 5.72. The van der Waals surface area contributed by atoms with Gasteiger partial charge in [0, 0.05) is 38.4 Å². The average molecular weight is 219 g/mol. The van der Waals surface area contributed by atoms with Crippen molar-refractivity contribution in [1.82, 2.24) is 15.2 Å². The number of hydrogen-bond acceptors (Lipinski definition) is 3. The van der Waals surface area contributed by atoms with Crippen molar-refractivity contribution in [2.24, 2.45) is 0 Å². The lowest BCUT2D eigenvalue weighted by Crippen LogP contribution is -2.38. The van der Waals surface area contributed by atoms with E-state index >= 15 is 0 Å². The molecule has 1 N–H and O–H groups in total. The minimum Gasteiger partial charge on any atom is -0.355 e. The highest BCUT2D eigenvalue weighted by molar-refractivity contribution is 5.75. The molecule has 0 atom stereocenters. The molecule has 1 amide bonds. The molecule has 2 rings (SSSR count). The van der Waals surface area contributed by atoms with E-state index in [0.717, 1.165) is 32.6 Å². The standard InChI is InChI=1S/C12H17N3O/c16-12-4-2-7-15(8-6-14-12)10-11-3-1-5-13-9-11/h1,3,5,9H,2,4,6-8,10H2,(H,14,16). The second-order valence-corrected chi connectivity index (χ2v) is 4.09. The number of amides is 1. The molecule has 0 aliphatic carbocycles. The van der Waals surface area contributed by atoms with Crippen molar-refractivity contribution in [3.63, 3.8) is 0 Å².